The monoisotopic (exact) mass is 537 g/mol. The lowest BCUT2D eigenvalue weighted by atomic mass is 10.2. The van der Waals surface area contributed by atoms with Crippen molar-refractivity contribution < 1.29 is 12.8 Å². The summed E-state index contributed by atoms with van der Waals surface area (Å²) in [6.45, 7) is 3.36. The summed E-state index contributed by atoms with van der Waals surface area (Å²) >= 11 is 14.9. The SMILES string of the molecule is Cc1sc(SCCCCCF)c2c(NS(=O)(=O)Cc3ccc(Cl)c(Cl)c3)nc(=O)n-2c1C. The summed E-state index contributed by atoms with van der Waals surface area (Å²) in [5.74, 6) is 0.376. The number of nitrogens with one attached hydrogen (secondary N) is 1. The Hall–Kier alpha value is -1.33. The molecule has 1 N–H and O–H groups in total. The van der Waals surface area contributed by atoms with E-state index in [1.807, 2.05) is 6.92 Å². The van der Waals surface area contributed by atoms with E-state index in [1.54, 1.807) is 13.0 Å². The van der Waals surface area contributed by atoms with Gasteiger partial charge in [0.05, 0.1) is 26.7 Å². The first kappa shape index (κ1) is 25.3. The lowest BCUT2D eigenvalue weighted by molar-refractivity contribution is 0.460. The summed E-state index contributed by atoms with van der Waals surface area (Å²) in [4.78, 5) is 17.5. The molecule has 0 spiro atoms. The molecular weight excluding hydrogens is 516 g/mol. The molecule has 0 radical (unpaired) electrons. The van der Waals surface area contributed by atoms with Crippen molar-refractivity contribution in [3.8, 4) is 5.69 Å². The number of halogens is 3. The van der Waals surface area contributed by atoms with E-state index in [9.17, 15) is 17.6 Å². The van der Waals surface area contributed by atoms with Gasteiger partial charge >= 0.3 is 5.69 Å². The van der Waals surface area contributed by atoms with Gasteiger partial charge < -0.3 is 0 Å². The Kier molecular flexibility index (Phi) is 8.48. The molecule has 12 heteroatoms. The standard InChI is InChI=1S/C20H22Cl2FN3O3S3/c1-12-13(2)31-19(30-9-5-3-4-8-23)17-18(24-20(27)26(12)17)25-32(28,29)11-14-6-7-15(21)16(22)10-14/h6-7,10H,3-5,8-9,11H2,1-2H3,(H,24,25,27). The number of sulfonamides is 1. The van der Waals surface area contributed by atoms with E-state index in [2.05, 4.69) is 9.71 Å². The molecule has 174 valence electrons. The number of alkyl halides is 1. The molecule has 2 aliphatic rings. The van der Waals surface area contributed by atoms with Gasteiger partial charge in [0.25, 0.3) is 0 Å². The van der Waals surface area contributed by atoms with E-state index >= 15 is 0 Å². The van der Waals surface area contributed by atoms with Crippen molar-refractivity contribution in [1.82, 2.24) is 9.55 Å². The van der Waals surface area contributed by atoms with Crippen LogP contribution in [0.5, 0.6) is 0 Å². The van der Waals surface area contributed by atoms with Crippen molar-refractivity contribution in [3.63, 3.8) is 0 Å². The van der Waals surface area contributed by atoms with E-state index in [1.165, 1.54) is 39.8 Å². The van der Waals surface area contributed by atoms with E-state index in [0.717, 1.165) is 27.7 Å². The molecule has 0 saturated heterocycles. The molecule has 2 aliphatic heterocycles. The second kappa shape index (κ2) is 10.7. The minimum absolute atomic E-state index is 0.000619. The average molecular weight is 539 g/mol. The summed E-state index contributed by atoms with van der Waals surface area (Å²) in [5.41, 5.74) is 1.06. The van der Waals surface area contributed by atoms with Gasteiger partial charge in [-0.2, -0.15) is 4.98 Å². The smallest absolute Gasteiger partial charge is 0.265 e. The third kappa shape index (κ3) is 5.96. The van der Waals surface area contributed by atoms with Crippen molar-refractivity contribution in [3.05, 3.63) is 54.9 Å². The van der Waals surface area contributed by atoms with Crippen LogP contribution in [0, 0.1) is 13.8 Å². The van der Waals surface area contributed by atoms with Crippen LogP contribution >= 0.6 is 46.3 Å². The second-order valence-electron chi connectivity index (χ2n) is 7.17. The van der Waals surface area contributed by atoms with Gasteiger partial charge in [-0.05, 0) is 50.1 Å². The Bertz CT molecular complexity index is 1240. The van der Waals surface area contributed by atoms with Gasteiger partial charge in [0.2, 0.25) is 10.0 Å². The number of aryl methyl sites for hydroxylation is 1. The fourth-order valence-electron chi connectivity index (χ4n) is 3.06. The van der Waals surface area contributed by atoms with Crippen LogP contribution in [0.2, 0.25) is 10.0 Å². The zero-order chi connectivity index (χ0) is 23.5. The summed E-state index contributed by atoms with van der Waals surface area (Å²) in [6.07, 6.45) is 2.10. The van der Waals surface area contributed by atoms with Crippen LogP contribution < -0.4 is 10.4 Å². The van der Waals surface area contributed by atoms with E-state index in [-0.39, 0.29) is 23.3 Å². The number of hydrogen-bond acceptors (Lipinski definition) is 6. The Balaban J connectivity index is 1.91. The molecular formula is C20H22Cl2FN3O3S3. The molecule has 6 nitrogen and oxygen atoms in total. The molecule has 1 aromatic carbocycles. The van der Waals surface area contributed by atoms with Gasteiger partial charge in [-0.3, -0.25) is 13.7 Å². The molecule has 0 aliphatic carbocycles. The molecule has 3 rings (SSSR count). The van der Waals surface area contributed by atoms with Gasteiger partial charge in [-0.15, -0.1) is 23.1 Å². The van der Waals surface area contributed by atoms with E-state index < -0.39 is 15.7 Å². The van der Waals surface area contributed by atoms with Crippen LogP contribution in [0.1, 0.15) is 35.4 Å². The first-order chi connectivity index (χ1) is 15.1. The van der Waals surface area contributed by atoms with Crippen molar-refractivity contribution in [1.29, 1.82) is 0 Å². The van der Waals surface area contributed by atoms with Crippen LogP contribution in [0.3, 0.4) is 0 Å². The third-order valence-electron chi connectivity index (χ3n) is 4.73. The minimum Gasteiger partial charge on any atom is -0.265 e. The predicted molar refractivity (Wildman–Crippen MR) is 132 cm³/mol. The number of imidazole rings is 1. The highest BCUT2D eigenvalue weighted by atomic mass is 35.5. The number of thioether (sulfide) groups is 1. The van der Waals surface area contributed by atoms with Gasteiger partial charge in [0.1, 0.15) is 5.69 Å². The van der Waals surface area contributed by atoms with E-state index in [4.69, 9.17) is 23.2 Å². The zero-order valence-corrected chi connectivity index (χ0v) is 21.4. The largest absolute Gasteiger partial charge is 0.354 e. The number of rotatable bonds is 10. The quantitative estimate of drug-likeness (QED) is 0.260. The van der Waals surface area contributed by atoms with Crippen molar-refractivity contribution in [2.75, 3.05) is 17.1 Å². The van der Waals surface area contributed by atoms with Gasteiger partial charge in [0, 0.05) is 10.6 Å². The molecule has 2 heterocycles. The molecule has 0 atom stereocenters. The van der Waals surface area contributed by atoms with Crippen molar-refractivity contribution in [2.24, 2.45) is 0 Å². The zero-order valence-electron chi connectivity index (χ0n) is 17.5. The summed E-state index contributed by atoms with van der Waals surface area (Å²) in [5, 5.41) is 0.588. The van der Waals surface area contributed by atoms with Crippen LogP contribution in [-0.2, 0) is 15.8 Å². The molecule has 0 fully saturated rings. The molecule has 32 heavy (non-hydrogen) atoms. The normalized spacial score (nSPS) is 11.9. The molecule has 0 unspecified atom stereocenters. The number of aromatic nitrogens is 2. The summed E-state index contributed by atoms with van der Waals surface area (Å²) in [7, 11) is -3.88. The number of fused-ring (bicyclic) bond motifs is 1. The molecule has 0 bridgehead atoms. The highest BCUT2D eigenvalue weighted by Gasteiger charge is 2.26. The first-order valence-corrected chi connectivity index (χ1v) is 14.0. The summed E-state index contributed by atoms with van der Waals surface area (Å²) in [6, 6.07) is 4.59. The van der Waals surface area contributed by atoms with Crippen molar-refractivity contribution in [2.45, 2.75) is 43.1 Å². The molecule has 0 saturated carbocycles. The first-order valence-electron chi connectivity index (χ1n) is 9.79. The lowest BCUT2D eigenvalue weighted by Crippen LogP contribution is -2.17. The Morgan fingerprint density at radius 1 is 1.19 bits per heavy atom. The predicted octanol–water partition coefficient (Wildman–Crippen LogP) is 5.83. The minimum atomic E-state index is -3.88. The molecule has 0 aromatic heterocycles. The van der Waals surface area contributed by atoms with Crippen LogP contribution in [0.4, 0.5) is 10.2 Å². The summed E-state index contributed by atoms with van der Waals surface area (Å²) < 4.78 is 42.7. The number of unbranched alkanes of at least 4 members (excludes halogenated alkanes) is 2. The second-order valence-corrected chi connectivity index (χ2v) is 12.3. The molecule has 1 aromatic rings. The maximum Gasteiger partial charge on any atom is 0.354 e. The van der Waals surface area contributed by atoms with Crippen LogP contribution in [0.25, 0.3) is 5.69 Å². The lowest BCUT2D eigenvalue weighted by Gasteiger charge is -2.16. The van der Waals surface area contributed by atoms with Crippen LogP contribution in [0.15, 0.2) is 27.2 Å². The number of nitrogens with zero attached hydrogens (tertiary/aromatic N) is 2. The third-order valence-corrected chi connectivity index (χ3v) is 9.22. The maximum atomic E-state index is 12.8. The number of anilines is 1. The number of benzene rings is 1. The Morgan fingerprint density at radius 2 is 1.94 bits per heavy atom. The van der Waals surface area contributed by atoms with Gasteiger partial charge in [-0.1, -0.05) is 35.7 Å². The topological polar surface area (TPSA) is 81.1 Å². The fraction of sp³-hybridized carbons (Fsp3) is 0.400. The van der Waals surface area contributed by atoms with Crippen LogP contribution in [-0.4, -0.2) is 30.4 Å². The van der Waals surface area contributed by atoms with E-state index in [0.29, 0.717) is 28.4 Å². The average Bonchev–Trinajstić information content (AvgIpc) is 3.03. The fourth-order valence-corrected chi connectivity index (χ4v) is 7.03. The number of hydrogen-bond donors (Lipinski definition) is 1. The highest BCUT2D eigenvalue weighted by molar-refractivity contribution is 8.01. The maximum absolute atomic E-state index is 12.8. The highest BCUT2D eigenvalue weighted by Crippen LogP contribution is 2.38. The van der Waals surface area contributed by atoms with Crippen molar-refractivity contribution >= 4 is 62.1 Å². The van der Waals surface area contributed by atoms with Gasteiger partial charge in [0.15, 0.2) is 5.82 Å². The Labute approximate surface area is 204 Å². The molecule has 0 amide bonds. The van der Waals surface area contributed by atoms with Gasteiger partial charge in [-0.25, -0.2) is 13.2 Å². The Morgan fingerprint density at radius 3 is 2.62 bits per heavy atom.